The molecule has 112 valence electrons. The Morgan fingerprint density at radius 2 is 2.00 bits per heavy atom. The van der Waals surface area contributed by atoms with E-state index in [9.17, 15) is 0 Å². The zero-order chi connectivity index (χ0) is 14.5. The van der Waals surface area contributed by atoms with Gasteiger partial charge in [-0.3, -0.25) is 0 Å². The largest absolute Gasteiger partial charge is 0.357 e. The summed E-state index contributed by atoms with van der Waals surface area (Å²) < 4.78 is 0. The van der Waals surface area contributed by atoms with E-state index in [-0.39, 0.29) is 0 Å². The summed E-state index contributed by atoms with van der Waals surface area (Å²) in [5.74, 6) is 2.08. The van der Waals surface area contributed by atoms with Crippen molar-refractivity contribution in [3.63, 3.8) is 0 Å². The van der Waals surface area contributed by atoms with Gasteiger partial charge in [0.05, 0.1) is 0 Å². The highest BCUT2D eigenvalue weighted by Gasteiger charge is 2.19. The van der Waals surface area contributed by atoms with Crippen LogP contribution in [-0.2, 0) is 6.54 Å². The first kappa shape index (κ1) is 15.3. The number of rotatable bonds is 5. The number of nitrogens with one attached hydrogen (secondary N) is 1. The van der Waals surface area contributed by atoms with Gasteiger partial charge in [-0.1, -0.05) is 33.3 Å². The van der Waals surface area contributed by atoms with Crippen LogP contribution in [0.4, 0.5) is 5.82 Å². The number of hydrogen-bond donors (Lipinski definition) is 1. The molecule has 1 aromatic heterocycles. The van der Waals surface area contributed by atoms with Crippen molar-refractivity contribution in [1.29, 1.82) is 0 Å². The zero-order valence-corrected chi connectivity index (χ0v) is 13.4. The smallest absolute Gasteiger partial charge is 0.128 e. The second kappa shape index (κ2) is 7.07. The fourth-order valence-electron chi connectivity index (χ4n) is 2.82. The van der Waals surface area contributed by atoms with Crippen LogP contribution >= 0.6 is 0 Å². The molecule has 0 radical (unpaired) electrons. The van der Waals surface area contributed by atoms with Crippen molar-refractivity contribution in [2.75, 3.05) is 18.0 Å². The van der Waals surface area contributed by atoms with Crippen molar-refractivity contribution in [2.24, 2.45) is 5.92 Å². The molecule has 1 N–H and O–H groups in total. The van der Waals surface area contributed by atoms with E-state index in [2.05, 4.69) is 50.0 Å². The summed E-state index contributed by atoms with van der Waals surface area (Å²) in [6.45, 7) is 12.0. The average Bonchev–Trinajstić information content (AvgIpc) is 2.46. The third-order valence-electron chi connectivity index (χ3n) is 4.40. The molecule has 0 saturated carbocycles. The summed E-state index contributed by atoms with van der Waals surface area (Å²) in [5, 5.41) is 3.46. The molecule has 1 saturated heterocycles. The first-order valence-electron chi connectivity index (χ1n) is 8.05. The number of aryl methyl sites for hydroxylation is 1. The number of hydrogen-bond acceptors (Lipinski definition) is 3. The summed E-state index contributed by atoms with van der Waals surface area (Å²) in [6.07, 6.45) is 3.95. The first-order chi connectivity index (χ1) is 9.60. The van der Waals surface area contributed by atoms with Gasteiger partial charge in [0.1, 0.15) is 5.82 Å². The fraction of sp³-hybridized carbons (Fsp3) is 0.706. The van der Waals surface area contributed by atoms with Crippen molar-refractivity contribution in [1.82, 2.24) is 10.3 Å². The molecule has 3 nitrogen and oxygen atoms in total. The van der Waals surface area contributed by atoms with Crippen LogP contribution in [0.3, 0.4) is 0 Å². The molecule has 2 rings (SSSR count). The minimum absolute atomic E-state index is 0.516. The highest BCUT2D eigenvalue weighted by atomic mass is 15.2. The molecule has 0 unspecified atom stereocenters. The molecule has 0 spiro atoms. The Balaban J connectivity index is 1.98. The quantitative estimate of drug-likeness (QED) is 0.891. The van der Waals surface area contributed by atoms with Gasteiger partial charge in [-0.2, -0.15) is 0 Å². The molecule has 1 aliphatic rings. The minimum Gasteiger partial charge on any atom is -0.357 e. The number of pyridine rings is 1. The van der Waals surface area contributed by atoms with Crippen molar-refractivity contribution >= 4 is 5.82 Å². The molecule has 20 heavy (non-hydrogen) atoms. The van der Waals surface area contributed by atoms with Crippen LogP contribution in [-0.4, -0.2) is 24.1 Å². The van der Waals surface area contributed by atoms with Crippen molar-refractivity contribution in [2.45, 2.75) is 59.5 Å². The van der Waals surface area contributed by atoms with Gasteiger partial charge in [-0.15, -0.1) is 0 Å². The van der Waals surface area contributed by atoms with Gasteiger partial charge in [0, 0.05) is 31.4 Å². The van der Waals surface area contributed by atoms with E-state index in [4.69, 9.17) is 4.98 Å². The first-order valence-corrected chi connectivity index (χ1v) is 8.05. The van der Waals surface area contributed by atoms with E-state index in [1.54, 1.807) is 0 Å². The third-order valence-corrected chi connectivity index (χ3v) is 4.40. The summed E-state index contributed by atoms with van der Waals surface area (Å²) in [6, 6.07) is 4.94. The van der Waals surface area contributed by atoms with Gasteiger partial charge in [0.25, 0.3) is 0 Å². The van der Waals surface area contributed by atoms with E-state index < -0.39 is 0 Å². The summed E-state index contributed by atoms with van der Waals surface area (Å²) in [4.78, 5) is 7.25. The Labute approximate surface area is 123 Å². The Morgan fingerprint density at radius 1 is 1.30 bits per heavy atom. The van der Waals surface area contributed by atoms with E-state index >= 15 is 0 Å². The summed E-state index contributed by atoms with van der Waals surface area (Å²) in [7, 11) is 0. The Bertz CT molecular complexity index is 420. The lowest BCUT2D eigenvalue weighted by atomic mass is 9.94. The normalized spacial score (nSPS) is 16.9. The highest BCUT2D eigenvalue weighted by molar-refractivity contribution is 5.42. The Morgan fingerprint density at radius 3 is 2.55 bits per heavy atom. The standard InChI is InChI=1S/C17H29N3/c1-5-15-8-10-20(11-9-15)17-7-6-16(14(4)19-17)12-18-13(2)3/h6-7,13,15,18H,5,8-12H2,1-4H3. The molecule has 0 aromatic carbocycles. The van der Waals surface area contributed by atoms with Gasteiger partial charge in [-0.25, -0.2) is 4.98 Å². The molecule has 0 atom stereocenters. The fourth-order valence-corrected chi connectivity index (χ4v) is 2.82. The second-order valence-electron chi connectivity index (χ2n) is 6.29. The molecule has 1 fully saturated rings. The SMILES string of the molecule is CCC1CCN(c2ccc(CNC(C)C)c(C)n2)CC1. The lowest BCUT2D eigenvalue weighted by molar-refractivity contribution is 0.393. The zero-order valence-electron chi connectivity index (χ0n) is 13.4. The van der Waals surface area contributed by atoms with Crippen LogP contribution in [0.15, 0.2) is 12.1 Å². The van der Waals surface area contributed by atoms with Crippen LogP contribution in [0, 0.1) is 12.8 Å². The molecule has 1 aliphatic heterocycles. The molecule has 3 heteroatoms. The Kier molecular flexibility index (Phi) is 5.41. The number of anilines is 1. The molecular formula is C17H29N3. The van der Waals surface area contributed by atoms with E-state index in [1.165, 1.54) is 24.8 Å². The van der Waals surface area contributed by atoms with Crippen molar-refractivity contribution in [3.05, 3.63) is 23.4 Å². The summed E-state index contributed by atoms with van der Waals surface area (Å²) in [5.41, 5.74) is 2.47. The van der Waals surface area contributed by atoms with E-state index in [0.29, 0.717) is 6.04 Å². The second-order valence-corrected chi connectivity index (χ2v) is 6.29. The monoisotopic (exact) mass is 275 g/mol. The van der Waals surface area contributed by atoms with Gasteiger partial charge in [0.2, 0.25) is 0 Å². The highest BCUT2D eigenvalue weighted by Crippen LogP contribution is 2.24. The lowest BCUT2D eigenvalue weighted by Crippen LogP contribution is -2.34. The topological polar surface area (TPSA) is 28.2 Å². The molecule has 2 heterocycles. The van der Waals surface area contributed by atoms with Gasteiger partial charge in [-0.05, 0) is 37.3 Å². The number of aromatic nitrogens is 1. The maximum absolute atomic E-state index is 4.81. The lowest BCUT2D eigenvalue weighted by Gasteiger charge is -2.32. The maximum atomic E-state index is 4.81. The molecular weight excluding hydrogens is 246 g/mol. The van der Waals surface area contributed by atoms with Crippen LogP contribution in [0.1, 0.15) is 51.3 Å². The van der Waals surface area contributed by atoms with Crippen LogP contribution in [0.5, 0.6) is 0 Å². The molecule has 1 aromatic rings. The third kappa shape index (κ3) is 3.95. The molecule has 0 aliphatic carbocycles. The predicted molar refractivity (Wildman–Crippen MR) is 86.2 cm³/mol. The van der Waals surface area contributed by atoms with Crippen LogP contribution in [0.2, 0.25) is 0 Å². The molecule has 0 bridgehead atoms. The van der Waals surface area contributed by atoms with Crippen LogP contribution < -0.4 is 10.2 Å². The van der Waals surface area contributed by atoms with Gasteiger partial charge in [0.15, 0.2) is 0 Å². The van der Waals surface area contributed by atoms with E-state index in [0.717, 1.165) is 37.1 Å². The van der Waals surface area contributed by atoms with Gasteiger partial charge < -0.3 is 10.2 Å². The number of nitrogens with zero attached hydrogens (tertiary/aromatic N) is 2. The van der Waals surface area contributed by atoms with Crippen molar-refractivity contribution in [3.8, 4) is 0 Å². The molecule has 0 amide bonds. The maximum Gasteiger partial charge on any atom is 0.128 e. The van der Waals surface area contributed by atoms with Crippen LogP contribution in [0.25, 0.3) is 0 Å². The predicted octanol–water partition coefficient (Wildman–Crippen LogP) is 3.51. The number of piperidine rings is 1. The van der Waals surface area contributed by atoms with E-state index in [1.807, 2.05) is 0 Å². The van der Waals surface area contributed by atoms with Crippen molar-refractivity contribution < 1.29 is 0 Å². The Hall–Kier alpha value is -1.09. The minimum atomic E-state index is 0.516. The van der Waals surface area contributed by atoms with Gasteiger partial charge >= 0.3 is 0 Å². The average molecular weight is 275 g/mol. The summed E-state index contributed by atoms with van der Waals surface area (Å²) >= 11 is 0.